The fourth-order valence-corrected chi connectivity index (χ4v) is 2.26. The number of hydrogen-bond donors (Lipinski definition) is 1. The number of aromatic amines is 1. The summed E-state index contributed by atoms with van der Waals surface area (Å²) in [5.74, 6) is -3.41. The van der Waals surface area contributed by atoms with Crippen molar-refractivity contribution in [3.05, 3.63) is 35.5 Å². The number of halogens is 2. The Morgan fingerprint density at radius 2 is 1.95 bits per heavy atom. The molecule has 0 aliphatic carbocycles. The highest BCUT2D eigenvalue weighted by Gasteiger charge is 2.25. The Bertz CT molecular complexity index is 694. The zero-order valence-electron chi connectivity index (χ0n) is 11.9. The Balaban J connectivity index is 2.40. The number of nitrogens with zero attached hydrogens (tertiary/aromatic N) is 1. The van der Waals surface area contributed by atoms with Gasteiger partial charge in [-0.05, 0) is 25.5 Å². The molecule has 0 radical (unpaired) electrons. The molecular weight excluding hydrogens is 278 g/mol. The van der Waals surface area contributed by atoms with Crippen LogP contribution in [0.25, 0.3) is 10.9 Å². The highest BCUT2D eigenvalue weighted by Crippen LogP contribution is 2.23. The summed E-state index contributed by atoms with van der Waals surface area (Å²) < 4.78 is 26.8. The molecule has 112 valence electrons. The topological polar surface area (TPSA) is 53.2 Å². The minimum absolute atomic E-state index is 0.0588. The second kappa shape index (κ2) is 6.03. The van der Waals surface area contributed by atoms with E-state index in [1.54, 1.807) is 6.92 Å². The zero-order valence-corrected chi connectivity index (χ0v) is 11.9. The number of fused-ring (bicyclic) bond motifs is 1. The first kappa shape index (κ1) is 15.2. The lowest BCUT2D eigenvalue weighted by molar-refractivity contribution is -0.126. The fourth-order valence-electron chi connectivity index (χ4n) is 2.26. The molecule has 1 N–H and O–H groups in total. The normalized spacial score (nSPS) is 10.9. The van der Waals surface area contributed by atoms with Crippen molar-refractivity contribution in [2.45, 2.75) is 20.3 Å². The van der Waals surface area contributed by atoms with E-state index in [9.17, 15) is 18.4 Å². The first-order valence-electron chi connectivity index (χ1n) is 6.79. The number of benzene rings is 1. The molecule has 0 saturated heterocycles. The minimum atomic E-state index is -1.06. The number of hydrogen-bond acceptors (Lipinski definition) is 2. The average molecular weight is 294 g/mol. The van der Waals surface area contributed by atoms with Gasteiger partial charge in [-0.25, -0.2) is 8.78 Å². The average Bonchev–Trinajstić information content (AvgIpc) is 2.91. The van der Waals surface area contributed by atoms with Gasteiger partial charge in [0.25, 0.3) is 11.7 Å². The van der Waals surface area contributed by atoms with Crippen LogP contribution in [0.1, 0.15) is 30.6 Å². The van der Waals surface area contributed by atoms with E-state index in [1.165, 1.54) is 17.2 Å². The highest BCUT2D eigenvalue weighted by molar-refractivity contribution is 6.44. The van der Waals surface area contributed by atoms with Crippen LogP contribution in [0, 0.1) is 11.6 Å². The van der Waals surface area contributed by atoms with Crippen LogP contribution in [0.5, 0.6) is 0 Å². The lowest BCUT2D eigenvalue weighted by atomic mass is 10.1. The molecule has 1 heterocycles. The van der Waals surface area contributed by atoms with Gasteiger partial charge in [-0.3, -0.25) is 9.59 Å². The number of Topliss-reactive ketones (excluding diaryl/α,β-unsaturated/α-hetero) is 1. The highest BCUT2D eigenvalue weighted by atomic mass is 19.2. The maximum Gasteiger partial charge on any atom is 0.295 e. The number of nitrogens with one attached hydrogen (secondary N) is 1. The fraction of sp³-hybridized carbons (Fsp3) is 0.333. The Labute approximate surface area is 120 Å². The standard InChI is InChI=1S/C15H16F2N2O2/c1-3-7-19(4-2)15(21)14(20)10-8-18-13-9(10)5-6-11(16)12(13)17/h5-6,8,18H,3-4,7H2,1-2H3. The second-order valence-electron chi connectivity index (χ2n) is 4.70. The van der Waals surface area contributed by atoms with E-state index >= 15 is 0 Å². The van der Waals surface area contributed by atoms with Crippen LogP contribution < -0.4 is 0 Å². The third-order valence-electron chi connectivity index (χ3n) is 3.35. The van der Waals surface area contributed by atoms with Crippen LogP contribution in [-0.2, 0) is 4.79 Å². The predicted octanol–water partition coefficient (Wildman–Crippen LogP) is 2.89. The number of likely N-dealkylation sites (N-methyl/N-ethyl adjacent to an activating group) is 1. The molecule has 1 aromatic heterocycles. The molecule has 0 saturated carbocycles. The van der Waals surface area contributed by atoms with Gasteiger partial charge in [0.05, 0.1) is 11.1 Å². The Morgan fingerprint density at radius 3 is 2.57 bits per heavy atom. The van der Waals surface area contributed by atoms with Crippen LogP contribution in [0.4, 0.5) is 8.78 Å². The minimum Gasteiger partial charge on any atom is -0.358 e. The first-order valence-corrected chi connectivity index (χ1v) is 6.79. The molecular formula is C15H16F2N2O2. The molecule has 0 atom stereocenters. The first-order chi connectivity index (χ1) is 10.0. The van der Waals surface area contributed by atoms with Crippen molar-refractivity contribution in [1.29, 1.82) is 0 Å². The van der Waals surface area contributed by atoms with Crippen molar-refractivity contribution in [3.8, 4) is 0 Å². The van der Waals surface area contributed by atoms with Gasteiger partial charge in [0.1, 0.15) is 0 Å². The summed E-state index contributed by atoms with van der Waals surface area (Å²) in [6.45, 7) is 4.59. The molecule has 0 aliphatic rings. The van der Waals surface area contributed by atoms with E-state index in [0.717, 1.165) is 12.5 Å². The quantitative estimate of drug-likeness (QED) is 0.681. The van der Waals surface area contributed by atoms with Crippen LogP contribution >= 0.6 is 0 Å². The maximum atomic E-state index is 13.6. The van der Waals surface area contributed by atoms with Gasteiger partial charge in [0, 0.05) is 24.7 Å². The predicted molar refractivity (Wildman–Crippen MR) is 75.1 cm³/mol. The zero-order chi connectivity index (χ0) is 15.6. The van der Waals surface area contributed by atoms with E-state index < -0.39 is 23.3 Å². The maximum absolute atomic E-state index is 13.6. The SMILES string of the molecule is CCCN(CC)C(=O)C(=O)c1c[nH]c2c(F)c(F)ccc12. The molecule has 2 aromatic rings. The van der Waals surface area contributed by atoms with Gasteiger partial charge in [-0.2, -0.15) is 0 Å². The molecule has 0 spiro atoms. The van der Waals surface area contributed by atoms with Crippen molar-refractivity contribution >= 4 is 22.6 Å². The number of H-pyrrole nitrogens is 1. The van der Waals surface area contributed by atoms with E-state index in [1.807, 2.05) is 6.92 Å². The second-order valence-corrected chi connectivity index (χ2v) is 4.70. The number of rotatable bonds is 5. The molecule has 1 amide bonds. The summed E-state index contributed by atoms with van der Waals surface area (Å²) in [4.78, 5) is 28.4. The summed E-state index contributed by atoms with van der Waals surface area (Å²) in [6, 6.07) is 2.23. The molecule has 1 aromatic carbocycles. The van der Waals surface area contributed by atoms with Gasteiger partial charge in [0.15, 0.2) is 11.6 Å². The van der Waals surface area contributed by atoms with Crippen molar-refractivity contribution in [2.24, 2.45) is 0 Å². The number of aromatic nitrogens is 1. The molecule has 0 bridgehead atoms. The molecule has 0 unspecified atom stereocenters. The van der Waals surface area contributed by atoms with Crippen LogP contribution in [0.2, 0.25) is 0 Å². The molecule has 21 heavy (non-hydrogen) atoms. The number of ketones is 1. The molecule has 0 fully saturated rings. The molecule has 6 heteroatoms. The molecule has 4 nitrogen and oxygen atoms in total. The number of carbonyl (C=O) groups is 2. The van der Waals surface area contributed by atoms with Gasteiger partial charge in [-0.1, -0.05) is 6.92 Å². The van der Waals surface area contributed by atoms with Crippen molar-refractivity contribution in [1.82, 2.24) is 9.88 Å². The van der Waals surface area contributed by atoms with E-state index in [-0.39, 0.29) is 16.5 Å². The van der Waals surface area contributed by atoms with Gasteiger partial charge in [-0.15, -0.1) is 0 Å². The lowest BCUT2D eigenvalue weighted by Crippen LogP contribution is -2.36. The summed E-state index contributed by atoms with van der Waals surface area (Å²) >= 11 is 0. The Morgan fingerprint density at radius 1 is 1.24 bits per heavy atom. The Hall–Kier alpha value is -2.24. The van der Waals surface area contributed by atoms with Gasteiger partial charge >= 0.3 is 0 Å². The smallest absolute Gasteiger partial charge is 0.295 e. The van der Waals surface area contributed by atoms with Crippen molar-refractivity contribution < 1.29 is 18.4 Å². The van der Waals surface area contributed by atoms with E-state index in [0.29, 0.717) is 13.1 Å². The Kier molecular flexibility index (Phi) is 4.35. The summed E-state index contributed by atoms with van der Waals surface area (Å²) in [5, 5.41) is 0.208. The number of amides is 1. The summed E-state index contributed by atoms with van der Waals surface area (Å²) in [7, 11) is 0. The third-order valence-corrected chi connectivity index (χ3v) is 3.35. The van der Waals surface area contributed by atoms with Crippen LogP contribution in [0.3, 0.4) is 0 Å². The molecule has 0 aliphatic heterocycles. The summed E-state index contributed by atoms with van der Waals surface area (Å²) in [5.41, 5.74) is -0.0480. The van der Waals surface area contributed by atoms with E-state index in [2.05, 4.69) is 4.98 Å². The largest absolute Gasteiger partial charge is 0.358 e. The van der Waals surface area contributed by atoms with Crippen LogP contribution in [-0.4, -0.2) is 34.7 Å². The van der Waals surface area contributed by atoms with Gasteiger partial charge < -0.3 is 9.88 Å². The van der Waals surface area contributed by atoms with Crippen LogP contribution in [0.15, 0.2) is 18.3 Å². The van der Waals surface area contributed by atoms with E-state index in [4.69, 9.17) is 0 Å². The van der Waals surface area contributed by atoms with Crippen molar-refractivity contribution in [2.75, 3.05) is 13.1 Å². The third kappa shape index (κ3) is 2.66. The monoisotopic (exact) mass is 294 g/mol. The number of carbonyl (C=O) groups excluding carboxylic acids is 2. The van der Waals surface area contributed by atoms with Gasteiger partial charge in [0.2, 0.25) is 0 Å². The summed E-state index contributed by atoms with van der Waals surface area (Å²) in [6.07, 6.45) is 1.98. The van der Waals surface area contributed by atoms with Crippen molar-refractivity contribution in [3.63, 3.8) is 0 Å². The lowest BCUT2D eigenvalue weighted by Gasteiger charge is -2.18. The molecule has 2 rings (SSSR count).